The first-order valence-corrected chi connectivity index (χ1v) is 14.3. The van der Waals surface area contributed by atoms with Crippen LogP contribution in [0.3, 0.4) is 0 Å². The summed E-state index contributed by atoms with van der Waals surface area (Å²) in [4.78, 5) is 11.4. The molecular formula is C21H43BBrClMgNO14S2. The summed E-state index contributed by atoms with van der Waals surface area (Å²) in [5.41, 5.74) is 0. The Morgan fingerprint density at radius 2 is 1.21 bits per heavy atom. The largest absolute Gasteiger partial charge is 2.00 e. The zero-order chi connectivity index (χ0) is 26.6. The Labute approximate surface area is 284 Å². The molecule has 0 saturated carbocycles. The zero-order valence-electron chi connectivity index (χ0n) is 24.2. The van der Waals surface area contributed by atoms with Crippen LogP contribution in [0.5, 0.6) is 0 Å². The fraction of sp³-hybridized carbons (Fsp3) is 0.905. The van der Waals surface area contributed by atoms with Gasteiger partial charge in [0.1, 0.15) is 31.0 Å². The van der Waals surface area contributed by atoms with Crippen LogP contribution in [-0.4, -0.2) is 139 Å². The quantitative estimate of drug-likeness (QED) is 0.119. The van der Waals surface area contributed by atoms with Crippen LogP contribution in [0.1, 0.15) is 42.0 Å². The maximum absolute atomic E-state index is 11.4. The Morgan fingerprint density at radius 3 is 1.67 bits per heavy atom. The van der Waals surface area contributed by atoms with Gasteiger partial charge in [-0.15, -0.1) is 12.4 Å². The molecule has 0 spiro atoms. The monoisotopic (exact) mass is 746 g/mol. The maximum Gasteiger partial charge on any atom is 2.00 e. The number of esters is 1. The third kappa shape index (κ3) is 13.9. The van der Waals surface area contributed by atoms with Gasteiger partial charge in [0.05, 0.1) is 19.1 Å². The van der Waals surface area contributed by atoms with Crippen LogP contribution in [0.4, 0.5) is 0 Å². The first kappa shape index (κ1) is 52.2. The van der Waals surface area contributed by atoms with Crippen molar-refractivity contribution in [3.8, 4) is 0 Å². The molecule has 0 bridgehead atoms. The predicted octanol–water partition coefficient (Wildman–Crippen LogP) is -3.09. The molecular weight excluding hydrogens is 705 g/mol. The van der Waals surface area contributed by atoms with Gasteiger partial charge in [-0.2, -0.15) is 16.8 Å². The number of carbonyl (C=O) groups is 1. The third-order valence-electron chi connectivity index (χ3n) is 5.30. The summed E-state index contributed by atoms with van der Waals surface area (Å²) >= 11 is 0. The molecule has 4 rings (SSSR count). The summed E-state index contributed by atoms with van der Waals surface area (Å²) in [6.07, 6.45) is -2.23. The number of aliphatic hydroxyl groups is 1. The molecule has 0 amide bonds. The number of carbonyl (C=O) groups excluding carboxylic acids is 1. The summed E-state index contributed by atoms with van der Waals surface area (Å²) in [7, 11) is -7.14. The van der Waals surface area contributed by atoms with Crippen molar-refractivity contribution in [1.82, 2.24) is 6.15 Å². The molecule has 4 aliphatic rings. The molecule has 15 nitrogen and oxygen atoms in total. The van der Waals surface area contributed by atoms with E-state index in [1.165, 1.54) is 6.92 Å². The minimum absolute atomic E-state index is 0. The molecule has 4 N–H and O–H groups in total. The van der Waals surface area contributed by atoms with Gasteiger partial charge in [-0.1, -0.05) is 7.43 Å². The second-order valence-corrected chi connectivity index (χ2v) is 13.0. The first-order valence-electron chi connectivity index (χ1n) is 10.7. The van der Waals surface area contributed by atoms with E-state index in [1.807, 2.05) is 0 Å². The van der Waals surface area contributed by atoms with Crippen molar-refractivity contribution < 1.29 is 80.5 Å². The molecule has 0 aromatic rings. The van der Waals surface area contributed by atoms with E-state index in [4.69, 9.17) is 28.4 Å². The first-order chi connectivity index (χ1) is 15.7. The van der Waals surface area contributed by atoms with Crippen LogP contribution in [0, 0.1) is 7.43 Å². The Morgan fingerprint density at radius 1 is 0.810 bits per heavy atom. The molecule has 42 heavy (non-hydrogen) atoms. The average molecular weight is 748 g/mol. The van der Waals surface area contributed by atoms with Gasteiger partial charge < -0.3 is 64.1 Å². The van der Waals surface area contributed by atoms with Gasteiger partial charge in [0.25, 0.3) is 20.2 Å². The summed E-state index contributed by atoms with van der Waals surface area (Å²) < 4.78 is 85.1. The Hall–Kier alpha value is 0.611. The summed E-state index contributed by atoms with van der Waals surface area (Å²) in [5, 5.41) is 10.1. The van der Waals surface area contributed by atoms with Crippen LogP contribution in [0.25, 0.3) is 0 Å². The van der Waals surface area contributed by atoms with Gasteiger partial charge in [-0.05, 0) is 34.6 Å². The van der Waals surface area contributed by atoms with Crippen molar-refractivity contribution in [1.29, 1.82) is 0 Å². The molecule has 0 aromatic heterocycles. The van der Waals surface area contributed by atoms with Crippen molar-refractivity contribution >= 4 is 70.1 Å². The zero-order valence-corrected chi connectivity index (χ0v) is 29.7. The van der Waals surface area contributed by atoms with Gasteiger partial charge in [0.15, 0.2) is 29.6 Å². The maximum atomic E-state index is 11.4. The molecule has 0 aromatic carbocycles. The van der Waals surface area contributed by atoms with Gasteiger partial charge in [-0.25, -0.2) is 4.79 Å². The molecule has 247 valence electrons. The Kier molecular flexibility index (Phi) is 22.5. The summed E-state index contributed by atoms with van der Waals surface area (Å²) in [5.74, 6) is -3.79. The van der Waals surface area contributed by atoms with E-state index in [0.29, 0.717) is 0 Å². The standard InChI is InChI=1S/C10H18O7S.C9H14O7S.CH4.CH3.B.BrH.ClH.Mg.H3N/c1-9(2)16-7-6(5-14-18(4,12)13)15-10(3,11)8(7)17-9;1-9(2)15-6-5(4-13-17(3,11)12)14-8(10)7(6)16-9;;;;;;;/h6-8,11H,5H2,1-4H3;5-7H,4H2,1-3H3;1H4;1H3;;2*1H;;1H3/q;;;-1;;;;+2;/p-1/t6-,7+,8+,10?;5-,6+,7+;;;;;;;/m00......./s1. The summed E-state index contributed by atoms with van der Waals surface area (Å²) in [6, 6.07) is 0. The van der Waals surface area contributed by atoms with Crippen molar-refractivity contribution in [3.05, 3.63) is 7.43 Å². The van der Waals surface area contributed by atoms with E-state index in [1.54, 1.807) is 27.7 Å². The number of ether oxygens (including phenoxy) is 6. The molecule has 7 atom stereocenters. The third-order valence-corrected chi connectivity index (χ3v) is 6.43. The number of fused-ring (bicyclic) bond motifs is 2. The van der Waals surface area contributed by atoms with Gasteiger partial charge in [0.2, 0.25) is 0 Å². The Balaban J connectivity index is -0.000000186. The predicted molar refractivity (Wildman–Crippen MR) is 152 cm³/mol. The van der Waals surface area contributed by atoms with Crippen LogP contribution >= 0.6 is 12.4 Å². The SMILES string of the molecule is C.CC1(C)O[C@@H]2[C@H](COS(C)(=O)=O)OC(=O)[C@@H]2O1.CC1(C)O[C@@H]2[C@H](COS(C)(=O)=O)OC(C)(O)[C@@H]2O1.Cl.N.[B].[Br-].[CH3-].[Mg+2]. The fourth-order valence-corrected chi connectivity index (χ4v) is 4.84. The van der Waals surface area contributed by atoms with Gasteiger partial charge in [0, 0.05) is 8.41 Å². The van der Waals surface area contributed by atoms with Crippen LogP contribution in [-0.2, 0) is 61.8 Å². The second-order valence-electron chi connectivity index (χ2n) is 9.71. The molecule has 4 fully saturated rings. The van der Waals surface area contributed by atoms with E-state index >= 15 is 0 Å². The molecule has 21 heteroatoms. The molecule has 4 heterocycles. The number of cyclic esters (lactones) is 1. The molecule has 3 radical (unpaired) electrons. The smallest absolute Gasteiger partial charge is 1.00 e. The van der Waals surface area contributed by atoms with Crippen molar-refractivity contribution in [3.63, 3.8) is 0 Å². The number of rotatable bonds is 6. The van der Waals surface area contributed by atoms with E-state index in [-0.39, 0.29) is 95.1 Å². The number of hydrogen-bond acceptors (Lipinski definition) is 15. The van der Waals surface area contributed by atoms with Gasteiger partial charge in [-0.3, -0.25) is 8.37 Å². The second kappa shape index (κ2) is 18.1. The molecule has 4 saturated heterocycles. The van der Waals surface area contributed by atoms with Crippen LogP contribution < -0.4 is 23.1 Å². The average Bonchev–Trinajstić information content (AvgIpc) is 3.30. The number of halogens is 2. The molecule has 1 unspecified atom stereocenters. The van der Waals surface area contributed by atoms with Gasteiger partial charge >= 0.3 is 29.0 Å². The minimum atomic E-state index is -3.57. The van der Waals surface area contributed by atoms with Crippen LogP contribution in [0.2, 0.25) is 0 Å². The van der Waals surface area contributed by atoms with E-state index < -0.39 is 80.2 Å². The minimum Gasteiger partial charge on any atom is -1.00 e. The van der Waals surface area contributed by atoms with E-state index in [2.05, 4.69) is 8.37 Å². The molecule has 0 aliphatic carbocycles. The summed E-state index contributed by atoms with van der Waals surface area (Å²) in [6.45, 7) is 7.77. The fourth-order valence-electron chi connectivity index (χ4n) is 4.08. The molecule has 4 aliphatic heterocycles. The van der Waals surface area contributed by atoms with Crippen molar-refractivity contribution in [2.45, 2.75) is 96.0 Å². The van der Waals surface area contributed by atoms with E-state index in [0.717, 1.165) is 12.5 Å². The number of hydrogen-bond donors (Lipinski definition) is 2. The normalized spacial score (nSPS) is 32.9. The van der Waals surface area contributed by atoms with Crippen LogP contribution in [0.15, 0.2) is 0 Å². The topological polar surface area (TPSA) is 214 Å². The van der Waals surface area contributed by atoms with Crippen molar-refractivity contribution in [2.24, 2.45) is 0 Å². The Bertz CT molecular complexity index is 1050. The van der Waals surface area contributed by atoms with Crippen molar-refractivity contribution in [2.75, 3.05) is 25.7 Å². The van der Waals surface area contributed by atoms with E-state index in [9.17, 15) is 26.7 Å².